The maximum Gasteiger partial charge on any atom is 0.407 e. The Morgan fingerprint density at radius 1 is 1.44 bits per heavy atom. The van der Waals surface area contributed by atoms with Gasteiger partial charge in [0.25, 0.3) is 0 Å². The second-order valence-electron chi connectivity index (χ2n) is 3.83. The van der Waals surface area contributed by atoms with Crippen molar-refractivity contribution in [1.29, 1.82) is 0 Å². The van der Waals surface area contributed by atoms with E-state index < -0.39 is 18.1 Å². The first kappa shape index (κ1) is 12.5. The number of rotatable bonds is 3. The molecule has 1 aliphatic carbocycles. The average Bonchev–Trinajstić information content (AvgIpc) is 2.26. The minimum Gasteiger partial charge on any atom is -0.480 e. The van der Waals surface area contributed by atoms with Crippen LogP contribution in [-0.2, 0) is 14.3 Å². The monoisotopic (exact) mass is 229 g/mol. The number of ketones is 1. The Bertz CT molecular complexity index is 292. The van der Waals surface area contributed by atoms with Crippen LogP contribution in [0.15, 0.2) is 0 Å². The maximum absolute atomic E-state index is 11.0. The van der Waals surface area contributed by atoms with Gasteiger partial charge in [0.05, 0.1) is 7.11 Å². The van der Waals surface area contributed by atoms with E-state index in [4.69, 9.17) is 5.11 Å². The van der Waals surface area contributed by atoms with Crippen molar-refractivity contribution in [2.24, 2.45) is 5.92 Å². The number of carboxylic acids is 1. The molecule has 16 heavy (non-hydrogen) atoms. The third-order valence-corrected chi connectivity index (χ3v) is 2.78. The number of amides is 1. The highest BCUT2D eigenvalue weighted by molar-refractivity contribution is 5.82. The van der Waals surface area contributed by atoms with E-state index in [2.05, 4.69) is 10.1 Å². The molecule has 0 aromatic heterocycles. The Morgan fingerprint density at radius 3 is 2.44 bits per heavy atom. The van der Waals surface area contributed by atoms with Crippen LogP contribution in [-0.4, -0.2) is 36.1 Å². The van der Waals surface area contributed by atoms with Gasteiger partial charge < -0.3 is 15.2 Å². The van der Waals surface area contributed by atoms with Gasteiger partial charge in [-0.2, -0.15) is 0 Å². The van der Waals surface area contributed by atoms with Gasteiger partial charge in [0.15, 0.2) is 0 Å². The summed E-state index contributed by atoms with van der Waals surface area (Å²) in [6.45, 7) is 0. The first-order valence-electron chi connectivity index (χ1n) is 5.13. The smallest absolute Gasteiger partial charge is 0.407 e. The number of aliphatic carboxylic acids is 1. The van der Waals surface area contributed by atoms with Gasteiger partial charge in [0.1, 0.15) is 11.8 Å². The first-order chi connectivity index (χ1) is 7.54. The molecule has 1 amide bonds. The van der Waals surface area contributed by atoms with Crippen LogP contribution < -0.4 is 5.32 Å². The molecule has 6 heteroatoms. The molecule has 2 N–H and O–H groups in total. The fourth-order valence-corrected chi connectivity index (χ4v) is 1.86. The fraction of sp³-hybridized carbons (Fsp3) is 0.700. The number of carbonyl (C=O) groups is 3. The Hall–Kier alpha value is -1.59. The number of hydrogen-bond acceptors (Lipinski definition) is 4. The Kier molecular flexibility index (Phi) is 4.28. The molecule has 1 fully saturated rings. The second kappa shape index (κ2) is 5.48. The molecule has 90 valence electrons. The Balaban J connectivity index is 2.59. The molecule has 0 heterocycles. The van der Waals surface area contributed by atoms with E-state index in [-0.39, 0.29) is 11.7 Å². The Morgan fingerprint density at radius 2 is 2.00 bits per heavy atom. The maximum atomic E-state index is 11.0. The van der Waals surface area contributed by atoms with Crippen LogP contribution in [0.25, 0.3) is 0 Å². The normalized spacial score (nSPS) is 18.9. The fourth-order valence-electron chi connectivity index (χ4n) is 1.86. The van der Waals surface area contributed by atoms with E-state index in [1.54, 1.807) is 0 Å². The van der Waals surface area contributed by atoms with E-state index >= 15 is 0 Å². The highest BCUT2D eigenvalue weighted by atomic mass is 16.5. The molecular formula is C10H15NO5. The van der Waals surface area contributed by atoms with Gasteiger partial charge in [0.2, 0.25) is 0 Å². The summed E-state index contributed by atoms with van der Waals surface area (Å²) in [5, 5.41) is 11.3. The van der Waals surface area contributed by atoms with Crippen molar-refractivity contribution >= 4 is 17.8 Å². The van der Waals surface area contributed by atoms with Crippen LogP contribution in [0.3, 0.4) is 0 Å². The molecule has 0 aromatic rings. The molecular weight excluding hydrogens is 214 g/mol. The SMILES string of the molecule is COC(=O)NC(C(=O)O)C1CCC(=O)CC1. The van der Waals surface area contributed by atoms with Crippen LogP contribution >= 0.6 is 0 Å². The lowest BCUT2D eigenvalue weighted by Crippen LogP contribution is -2.47. The van der Waals surface area contributed by atoms with Gasteiger partial charge in [-0.1, -0.05) is 0 Å². The number of alkyl carbamates (subject to hydrolysis) is 1. The van der Waals surface area contributed by atoms with Crippen molar-refractivity contribution in [1.82, 2.24) is 5.32 Å². The number of carbonyl (C=O) groups excluding carboxylic acids is 2. The summed E-state index contributed by atoms with van der Waals surface area (Å²) in [4.78, 5) is 33.0. The Labute approximate surface area is 93.0 Å². The number of carboxylic acid groups (broad SMARTS) is 1. The quantitative estimate of drug-likeness (QED) is 0.737. The summed E-state index contributed by atoms with van der Waals surface area (Å²) >= 11 is 0. The zero-order valence-corrected chi connectivity index (χ0v) is 9.06. The van der Waals surface area contributed by atoms with Gasteiger partial charge >= 0.3 is 12.1 Å². The molecule has 0 radical (unpaired) electrons. The van der Waals surface area contributed by atoms with Gasteiger partial charge in [-0.25, -0.2) is 9.59 Å². The van der Waals surface area contributed by atoms with E-state index in [1.807, 2.05) is 0 Å². The van der Waals surface area contributed by atoms with E-state index in [9.17, 15) is 14.4 Å². The summed E-state index contributed by atoms with van der Waals surface area (Å²) in [6, 6.07) is -0.972. The van der Waals surface area contributed by atoms with E-state index in [0.29, 0.717) is 25.7 Å². The summed E-state index contributed by atoms with van der Waals surface area (Å²) in [7, 11) is 1.18. The van der Waals surface area contributed by atoms with Gasteiger partial charge in [-0.15, -0.1) is 0 Å². The van der Waals surface area contributed by atoms with Crippen LogP contribution in [0.4, 0.5) is 4.79 Å². The van der Waals surface area contributed by atoms with Gasteiger partial charge in [-0.3, -0.25) is 4.79 Å². The lowest BCUT2D eigenvalue weighted by Gasteiger charge is -2.26. The summed E-state index contributed by atoms with van der Waals surface area (Å²) in [6.07, 6.45) is 1.01. The minimum atomic E-state index is -1.09. The van der Waals surface area contributed by atoms with Crippen molar-refractivity contribution in [3.8, 4) is 0 Å². The lowest BCUT2D eigenvalue weighted by molar-refractivity contribution is -0.141. The van der Waals surface area contributed by atoms with Crippen LogP contribution in [0.1, 0.15) is 25.7 Å². The van der Waals surface area contributed by atoms with Crippen LogP contribution in [0, 0.1) is 5.92 Å². The molecule has 1 saturated carbocycles. The molecule has 0 aliphatic heterocycles. The number of ether oxygens (including phenoxy) is 1. The van der Waals surface area contributed by atoms with Gasteiger partial charge in [-0.05, 0) is 18.8 Å². The number of nitrogens with one attached hydrogen (secondary N) is 1. The van der Waals surface area contributed by atoms with E-state index in [0.717, 1.165) is 0 Å². The third-order valence-electron chi connectivity index (χ3n) is 2.78. The minimum absolute atomic E-state index is 0.151. The summed E-state index contributed by atoms with van der Waals surface area (Å²) in [5.41, 5.74) is 0. The van der Waals surface area contributed by atoms with Crippen molar-refractivity contribution in [2.75, 3.05) is 7.11 Å². The average molecular weight is 229 g/mol. The topological polar surface area (TPSA) is 92.7 Å². The molecule has 0 bridgehead atoms. The van der Waals surface area contributed by atoms with Crippen LogP contribution in [0.5, 0.6) is 0 Å². The lowest BCUT2D eigenvalue weighted by atomic mass is 9.83. The highest BCUT2D eigenvalue weighted by Crippen LogP contribution is 2.24. The summed E-state index contributed by atoms with van der Waals surface area (Å²) in [5.74, 6) is -1.14. The largest absolute Gasteiger partial charge is 0.480 e. The molecule has 1 atom stereocenters. The van der Waals surface area contributed by atoms with Crippen molar-refractivity contribution in [3.05, 3.63) is 0 Å². The molecule has 0 aromatic carbocycles. The second-order valence-corrected chi connectivity index (χ2v) is 3.83. The molecule has 6 nitrogen and oxygen atoms in total. The molecule has 1 aliphatic rings. The van der Waals surface area contributed by atoms with Crippen molar-refractivity contribution < 1.29 is 24.2 Å². The van der Waals surface area contributed by atoms with E-state index in [1.165, 1.54) is 7.11 Å². The van der Waals surface area contributed by atoms with Crippen molar-refractivity contribution in [3.63, 3.8) is 0 Å². The summed E-state index contributed by atoms with van der Waals surface area (Å²) < 4.78 is 4.36. The molecule has 0 saturated heterocycles. The van der Waals surface area contributed by atoms with Gasteiger partial charge in [0, 0.05) is 12.8 Å². The predicted octanol–water partition coefficient (Wildman–Crippen LogP) is 0.555. The predicted molar refractivity (Wildman–Crippen MR) is 53.9 cm³/mol. The first-order valence-corrected chi connectivity index (χ1v) is 5.13. The van der Waals surface area contributed by atoms with Crippen molar-refractivity contribution in [2.45, 2.75) is 31.7 Å². The number of hydrogen-bond donors (Lipinski definition) is 2. The highest BCUT2D eigenvalue weighted by Gasteiger charge is 2.32. The third kappa shape index (κ3) is 3.22. The number of methoxy groups -OCH3 is 1. The molecule has 0 spiro atoms. The standard InChI is InChI=1S/C10H15NO5/c1-16-10(15)11-8(9(13)14)6-2-4-7(12)5-3-6/h6,8H,2-5H2,1H3,(H,11,15)(H,13,14). The number of Topliss-reactive ketones (excluding diaryl/α,β-unsaturated/α-hetero) is 1. The van der Waals surface area contributed by atoms with Crippen LogP contribution in [0.2, 0.25) is 0 Å². The zero-order valence-electron chi connectivity index (χ0n) is 9.06. The zero-order chi connectivity index (χ0) is 12.1. The molecule has 1 unspecified atom stereocenters. The molecule has 1 rings (SSSR count).